The van der Waals surface area contributed by atoms with Crippen LogP contribution in [0.25, 0.3) is 0 Å². The van der Waals surface area contributed by atoms with Gasteiger partial charge in [-0.3, -0.25) is 0 Å². The number of rotatable bonds is 4. The number of benzene rings is 2. The molecule has 116 valence electrons. The Balaban J connectivity index is 1.81. The monoisotopic (exact) mass is 308 g/mol. The highest BCUT2D eigenvalue weighted by Gasteiger charge is 2.05. The van der Waals surface area contributed by atoms with E-state index in [1.807, 2.05) is 24.3 Å². The molecule has 2 aromatic carbocycles. The lowest BCUT2D eigenvalue weighted by Crippen LogP contribution is -2.07. The molecule has 0 saturated heterocycles. The van der Waals surface area contributed by atoms with E-state index in [0.717, 1.165) is 11.4 Å². The molecule has 3 aromatic rings. The number of hydrogen-bond acceptors (Lipinski definition) is 8. The Labute approximate surface area is 132 Å². The fourth-order valence-corrected chi connectivity index (χ4v) is 1.90. The zero-order chi connectivity index (χ0) is 16.2. The lowest BCUT2D eigenvalue weighted by atomic mass is 10.3. The molecular weight excluding hydrogens is 292 g/mol. The molecule has 1 aromatic heterocycles. The molecule has 0 amide bonds. The average Bonchev–Trinajstić information content (AvgIpc) is 2.51. The number of nitrogen functional groups attached to an aromatic ring is 3. The van der Waals surface area contributed by atoms with Crippen molar-refractivity contribution in [1.82, 2.24) is 15.0 Å². The van der Waals surface area contributed by atoms with Gasteiger partial charge in [-0.15, -0.1) is 0 Å². The van der Waals surface area contributed by atoms with E-state index in [1.54, 1.807) is 24.3 Å². The maximum Gasteiger partial charge on any atom is 0.233 e. The molecule has 1 heterocycles. The molecule has 0 fully saturated rings. The first-order valence-corrected chi connectivity index (χ1v) is 6.85. The molecule has 0 aliphatic carbocycles. The third-order valence-electron chi connectivity index (χ3n) is 2.99. The normalized spacial score (nSPS) is 10.3. The molecule has 8 nitrogen and oxygen atoms in total. The molecule has 8 heteroatoms. The number of anilines is 7. The Hall–Kier alpha value is -3.55. The Morgan fingerprint density at radius 3 is 1.35 bits per heavy atom. The zero-order valence-electron chi connectivity index (χ0n) is 12.2. The standard InChI is InChI=1S/C15H16N8/c16-9-1-5-11(6-2-9)19-14-21-13(18)22-15(23-14)20-12-7-3-10(17)4-8-12/h1-8H,16-17H2,(H4,18,19,20,21,22,23). The minimum absolute atomic E-state index is 0.107. The van der Waals surface area contributed by atoms with Crippen LogP contribution >= 0.6 is 0 Å². The van der Waals surface area contributed by atoms with Crippen LogP contribution in [0, 0.1) is 0 Å². The fourth-order valence-electron chi connectivity index (χ4n) is 1.90. The minimum atomic E-state index is 0.107. The van der Waals surface area contributed by atoms with Crippen molar-refractivity contribution in [2.75, 3.05) is 27.8 Å². The van der Waals surface area contributed by atoms with Gasteiger partial charge in [0.05, 0.1) is 0 Å². The van der Waals surface area contributed by atoms with Crippen LogP contribution in [0.2, 0.25) is 0 Å². The van der Waals surface area contributed by atoms with E-state index in [9.17, 15) is 0 Å². The van der Waals surface area contributed by atoms with Crippen LogP contribution < -0.4 is 27.8 Å². The Kier molecular flexibility index (Phi) is 3.79. The molecule has 23 heavy (non-hydrogen) atoms. The highest BCUT2D eigenvalue weighted by atomic mass is 15.2. The molecule has 0 bridgehead atoms. The Bertz CT molecular complexity index is 733. The first-order valence-electron chi connectivity index (χ1n) is 6.85. The van der Waals surface area contributed by atoms with E-state index in [2.05, 4.69) is 25.6 Å². The summed E-state index contributed by atoms with van der Waals surface area (Å²) in [6.45, 7) is 0. The fraction of sp³-hybridized carbons (Fsp3) is 0. The van der Waals surface area contributed by atoms with Gasteiger partial charge in [0.25, 0.3) is 0 Å². The molecule has 0 radical (unpaired) electrons. The van der Waals surface area contributed by atoms with Crippen molar-refractivity contribution in [2.24, 2.45) is 0 Å². The van der Waals surface area contributed by atoms with E-state index in [4.69, 9.17) is 17.2 Å². The quantitative estimate of drug-likeness (QED) is 0.461. The Morgan fingerprint density at radius 2 is 0.957 bits per heavy atom. The van der Waals surface area contributed by atoms with E-state index >= 15 is 0 Å². The molecule has 8 N–H and O–H groups in total. The minimum Gasteiger partial charge on any atom is -0.399 e. The third-order valence-corrected chi connectivity index (χ3v) is 2.99. The van der Waals surface area contributed by atoms with Crippen LogP contribution in [-0.2, 0) is 0 Å². The van der Waals surface area contributed by atoms with Gasteiger partial charge in [-0.1, -0.05) is 0 Å². The smallest absolute Gasteiger partial charge is 0.233 e. The van der Waals surface area contributed by atoms with Crippen LogP contribution in [0.5, 0.6) is 0 Å². The summed E-state index contributed by atoms with van der Waals surface area (Å²) in [7, 11) is 0. The van der Waals surface area contributed by atoms with Crippen molar-refractivity contribution in [3.63, 3.8) is 0 Å². The summed E-state index contributed by atoms with van der Waals surface area (Å²) in [5, 5.41) is 6.10. The lowest BCUT2D eigenvalue weighted by molar-refractivity contribution is 1.07. The molecule has 3 rings (SSSR count). The topological polar surface area (TPSA) is 141 Å². The van der Waals surface area contributed by atoms with Crippen LogP contribution in [0.1, 0.15) is 0 Å². The number of hydrogen-bond donors (Lipinski definition) is 5. The lowest BCUT2D eigenvalue weighted by Gasteiger charge is -2.09. The molecule has 0 spiro atoms. The van der Waals surface area contributed by atoms with Gasteiger partial charge in [-0.05, 0) is 48.5 Å². The first-order chi connectivity index (χ1) is 11.1. The van der Waals surface area contributed by atoms with Gasteiger partial charge in [0.15, 0.2) is 0 Å². The summed E-state index contributed by atoms with van der Waals surface area (Å²) in [5.41, 5.74) is 20.0. The van der Waals surface area contributed by atoms with Gasteiger partial charge in [0, 0.05) is 22.7 Å². The highest BCUT2D eigenvalue weighted by molar-refractivity contribution is 5.61. The van der Waals surface area contributed by atoms with Gasteiger partial charge in [-0.2, -0.15) is 15.0 Å². The summed E-state index contributed by atoms with van der Waals surface area (Å²) in [4.78, 5) is 12.4. The van der Waals surface area contributed by atoms with Gasteiger partial charge in [0.1, 0.15) is 0 Å². The van der Waals surface area contributed by atoms with Gasteiger partial charge in [0.2, 0.25) is 17.8 Å². The summed E-state index contributed by atoms with van der Waals surface area (Å²) in [6.07, 6.45) is 0. The summed E-state index contributed by atoms with van der Waals surface area (Å²) in [5.74, 6) is 0.774. The second-order valence-corrected chi connectivity index (χ2v) is 4.83. The van der Waals surface area contributed by atoms with E-state index in [-0.39, 0.29) is 5.95 Å². The largest absolute Gasteiger partial charge is 0.399 e. The van der Waals surface area contributed by atoms with Crippen molar-refractivity contribution in [3.05, 3.63) is 48.5 Å². The number of nitrogens with zero attached hydrogens (tertiary/aromatic N) is 3. The number of aromatic nitrogens is 3. The van der Waals surface area contributed by atoms with Gasteiger partial charge < -0.3 is 27.8 Å². The molecular formula is C15H16N8. The maximum atomic E-state index is 5.73. The summed E-state index contributed by atoms with van der Waals surface area (Å²) in [6, 6.07) is 14.4. The van der Waals surface area contributed by atoms with Crippen LogP contribution in [0.4, 0.5) is 40.6 Å². The predicted octanol–water partition coefficient (Wildman–Crippen LogP) is 2.11. The zero-order valence-corrected chi connectivity index (χ0v) is 12.2. The van der Waals surface area contributed by atoms with Crippen molar-refractivity contribution in [1.29, 1.82) is 0 Å². The van der Waals surface area contributed by atoms with Crippen molar-refractivity contribution in [3.8, 4) is 0 Å². The molecule has 0 aliphatic heterocycles. The van der Waals surface area contributed by atoms with E-state index in [0.29, 0.717) is 23.3 Å². The van der Waals surface area contributed by atoms with Crippen LogP contribution in [0.15, 0.2) is 48.5 Å². The van der Waals surface area contributed by atoms with Crippen LogP contribution in [0.3, 0.4) is 0 Å². The molecule has 0 atom stereocenters. The third kappa shape index (κ3) is 3.76. The summed E-state index contributed by atoms with van der Waals surface area (Å²) < 4.78 is 0. The number of nitrogens with one attached hydrogen (secondary N) is 2. The maximum absolute atomic E-state index is 5.73. The molecule has 0 saturated carbocycles. The highest BCUT2D eigenvalue weighted by Crippen LogP contribution is 2.19. The molecule has 0 unspecified atom stereocenters. The second kappa shape index (κ2) is 6.06. The van der Waals surface area contributed by atoms with E-state index < -0.39 is 0 Å². The van der Waals surface area contributed by atoms with Crippen molar-refractivity contribution in [2.45, 2.75) is 0 Å². The average molecular weight is 308 g/mol. The van der Waals surface area contributed by atoms with Crippen molar-refractivity contribution >= 4 is 40.6 Å². The predicted molar refractivity (Wildman–Crippen MR) is 92.5 cm³/mol. The van der Waals surface area contributed by atoms with Gasteiger partial charge in [-0.25, -0.2) is 0 Å². The first kappa shape index (κ1) is 14.4. The second-order valence-electron chi connectivity index (χ2n) is 4.83. The van der Waals surface area contributed by atoms with Crippen LogP contribution in [-0.4, -0.2) is 15.0 Å². The number of nitrogens with two attached hydrogens (primary N) is 3. The SMILES string of the molecule is Nc1ccc(Nc2nc(N)nc(Nc3ccc(N)cc3)n2)cc1. The summed E-state index contributed by atoms with van der Waals surface area (Å²) >= 11 is 0. The van der Waals surface area contributed by atoms with E-state index in [1.165, 1.54) is 0 Å². The Morgan fingerprint density at radius 1 is 0.565 bits per heavy atom. The molecule has 0 aliphatic rings. The van der Waals surface area contributed by atoms with Crippen molar-refractivity contribution < 1.29 is 0 Å². The van der Waals surface area contributed by atoms with Gasteiger partial charge >= 0.3 is 0 Å².